The average molecular weight is 455 g/mol. The Labute approximate surface area is 178 Å². The first kappa shape index (κ1) is 21.5. The number of thioether (sulfide) groups is 1. The number of nitrogens with two attached hydrogens (primary N) is 1. The van der Waals surface area contributed by atoms with Crippen molar-refractivity contribution >= 4 is 28.5 Å². The molecule has 3 N–H and O–H groups in total. The first-order valence-electron chi connectivity index (χ1n) is 9.23. The van der Waals surface area contributed by atoms with Gasteiger partial charge in [0.05, 0.1) is 6.61 Å². The summed E-state index contributed by atoms with van der Waals surface area (Å²) in [6.45, 7) is -0.483. The number of amidine groups is 1. The number of aliphatic imine (C=N–C) groups is 1. The van der Waals surface area contributed by atoms with Crippen molar-refractivity contribution in [3.05, 3.63) is 53.9 Å². The molecule has 12 heteroatoms. The number of hydrogen-bond donors (Lipinski definition) is 2. The largest absolute Gasteiger partial charge is 0.414 e. The Morgan fingerprint density at radius 2 is 2.13 bits per heavy atom. The lowest BCUT2D eigenvalue weighted by Gasteiger charge is -2.46. The maximum Gasteiger partial charge on any atom is 0.414 e. The van der Waals surface area contributed by atoms with E-state index in [0.717, 1.165) is 17.8 Å². The van der Waals surface area contributed by atoms with Gasteiger partial charge in [0.15, 0.2) is 11.3 Å². The molecule has 1 fully saturated rings. The van der Waals surface area contributed by atoms with E-state index in [1.165, 1.54) is 30.7 Å². The second-order valence-corrected chi connectivity index (χ2v) is 8.24. The van der Waals surface area contributed by atoms with Crippen LogP contribution >= 0.6 is 11.8 Å². The normalized spacial score (nSPS) is 26.0. The van der Waals surface area contributed by atoms with Crippen LogP contribution in [0.5, 0.6) is 0 Å². The molecule has 2 aromatic rings. The maximum absolute atomic E-state index is 14.9. The third-order valence-electron chi connectivity index (χ3n) is 5.29. The Hall–Kier alpha value is -2.73. The van der Waals surface area contributed by atoms with Gasteiger partial charge in [-0.2, -0.15) is 13.2 Å². The van der Waals surface area contributed by atoms with Gasteiger partial charge in [0, 0.05) is 29.1 Å². The molecule has 1 aromatic heterocycles. The summed E-state index contributed by atoms with van der Waals surface area (Å²) in [6, 6.07) is 5.23. The molecule has 31 heavy (non-hydrogen) atoms. The second-order valence-electron chi connectivity index (χ2n) is 7.20. The van der Waals surface area contributed by atoms with Gasteiger partial charge in [-0.3, -0.25) is 4.79 Å². The molecule has 2 aliphatic heterocycles. The smallest absolute Gasteiger partial charge is 0.379 e. The quantitative estimate of drug-likeness (QED) is 0.690. The number of nitrogens with one attached hydrogen (secondary N) is 1. The Morgan fingerprint density at radius 1 is 1.32 bits per heavy atom. The molecule has 4 rings (SSSR count). The van der Waals surface area contributed by atoms with Crippen LogP contribution in [0.15, 0.2) is 41.8 Å². The molecule has 1 saturated heterocycles. The van der Waals surface area contributed by atoms with Crippen molar-refractivity contribution in [1.82, 2.24) is 9.97 Å². The fourth-order valence-electron chi connectivity index (χ4n) is 3.75. The molecule has 164 valence electrons. The van der Waals surface area contributed by atoms with E-state index >= 15 is 0 Å². The fourth-order valence-corrected chi connectivity index (χ4v) is 4.76. The number of alkyl halides is 3. The number of amides is 1. The molecule has 3 heterocycles. The molecule has 3 unspecified atom stereocenters. The second kappa shape index (κ2) is 8.08. The summed E-state index contributed by atoms with van der Waals surface area (Å²) in [7, 11) is 0. The number of rotatable bonds is 3. The van der Waals surface area contributed by atoms with E-state index in [1.807, 2.05) is 0 Å². The Balaban J connectivity index is 1.69. The van der Waals surface area contributed by atoms with Gasteiger partial charge in [-0.25, -0.2) is 19.4 Å². The van der Waals surface area contributed by atoms with Crippen LogP contribution in [-0.2, 0) is 10.3 Å². The topological polar surface area (TPSA) is 102 Å². The van der Waals surface area contributed by atoms with Gasteiger partial charge in [0.1, 0.15) is 23.4 Å². The first-order valence-corrected chi connectivity index (χ1v) is 10.2. The number of nitrogens with zero attached hydrogens (tertiary/aromatic N) is 3. The molecule has 0 radical (unpaired) electrons. The van der Waals surface area contributed by atoms with Gasteiger partial charge < -0.3 is 15.8 Å². The summed E-state index contributed by atoms with van der Waals surface area (Å²) < 4.78 is 59.7. The van der Waals surface area contributed by atoms with E-state index < -0.39 is 42.1 Å². The van der Waals surface area contributed by atoms with Crippen molar-refractivity contribution in [2.75, 3.05) is 17.7 Å². The van der Waals surface area contributed by atoms with Gasteiger partial charge in [-0.1, -0.05) is 11.8 Å². The SMILES string of the molecule is NC1=NC2(c3cc(NC(=O)c4ccncn4)ccc3F)COC(C(F)(F)F)CC2CS1. The minimum Gasteiger partial charge on any atom is -0.379 e. The van der Waals surface area contributed by atoms with Crippen LogP contribution in [0.1, 0.15) is 22.5 Å². The lowest BCUT2D eigenvalue weighted by Crippen LogP contribution is -2.53. The van der Waals surface area contributed by atoms with Crippen LogP contribution in [0.3, 0.4) is 0 Å². The van der Waals surface area contributed by atoms with E-state index in [4.69, 9.17) is 10.5 Å². The first-order chi connectivity index (χ1) is 14.7. The number of aromatic nitrogens is 2. The van der Waals surface area contributed by atoms with Crippen LogP contribution in [0.2, 0.25) is 0 Å². The van der Waals surface area contributed by atoms with Crippen molar-refractivity contribution < 1.29 is 27.1 Å². The minimum absolute atomic E-state index is 0.0156. The highest BCUT2D eigenvalue weighted by Gasteiger charge is 2.55. The summed E-state index contributed by atoms with van der Waals surface area (Å²) in [5.74, 6) is -1.65. The monoisotopic (exact) mass is 455 g/mol. The van der Waals surface area contributed by atoms with E-state index in [0.29, 0.717) is 0 Å². The molecule has 1 aromatic carbocycles. The molecule has 0 bridgehead atoms. The Kier molecular flexibility index (Phi) is 5.60. The van der Waals surface area contributed by atoms with Crippen LogP contribution in [0.4, 0.5) is 23.2 Å². The standard InChI is InChI=1S/C19H17F4N5O2S/c20-13-2-1-11(27-16(29)14-3-4-25-9-26-14)6-12(13)18-8-30-15(19(21,22)23)5-10(18)7-31-17(24)28-18/h1-4,6,9-10,15H,5,7-8H2,(H2,24,28)(H,27,29). The zero-order valence-corrected chi connectivity index (χ0v) is 16.7. The summed E-state index contributed by atoms with van der Waals surface area (Å²) in [5, 5.41) is 2.74. The van der Waals surface area contributed by atoms with Crippen molar-refractivity contribution in [3.8, 4) is 0 Å². The van der Waals surface area contributed by atoms with Crippen LogP contribution in [-0.4, -0.2) is 45.7 Å². The van der Waals surface area contributed by atoms with Gasteiger partial charge in [-0.05, 0) is 30.7 Å². The molecule has 1 amide bonds. The summed E-state index contributed by atoms with van der Waals surface area (Å²) in [6.07, 6.45) is -4.25. The summed E-state index contributed by atoms with van der Waals surface area (Å²) >= 11 is 1.13. The number of carbonyl (C=O) groups is 1. The highest BCUT2D eigenvalue weighted by Crippen LogP contribution is 2.49. The van der Waals surface area contributed by atoms with E-state index in [-0.39, 0.29) is 34.3 Å². The number of ether oxygens (including phenoxy) is 1. The minimum atomic E-state index is -4.53. The van der Waals surface area contributed by atoms with Crippen molar-refractivity contribution in [2.45, 2.75) is 24.2 Å². The zero-order valence-electron chi connectivity index (χ0n) is 15.9. The summed E-state index contributed by atoms with van der Waals surface area (Å²) in [4.78, 5) is 24.3. The highest BCUT2D eigenvalue weighted by molar-refractivity contribution is 8.13. The molecule has 0 spiro atoms. The molecule has 0 aliphatic carbocycles. The van der Waals surface area contributed by atoms with Crippen LogP contribution < -0.4 is 11.1 Å². The lowest BCUT2D eigenvalue weighted by molar-refractivity contribution is -0.245. The molecule has 3 atom stereocenters. The van der Waals surface area contributed by atoms with Gasteiger partial charge >= 0.3 is 6.18 Å². The van der Waals surface area contributed by atoms with E-state index in [9.17, 15) is 22.4 Å². The lowest BCUT2D eigenvalue weighted by atomic mass is 9.74. The number of fused-ring (bicyclic) bond motifs is 1. The molecule has 0 saturated carbocycles. The van der Waals surface area contributed by atoms with Gasteiger partial charge in [0.2, 0.25) is 0 Å². The zero-order chi connectivity index (χ0) is 22.2. The molecule has 7 nitrogen and oxygen atoms in total. The van der Waals surface area contributed by atoms with E-state index in [1.54, 1.807) is 0 Å². The molecule has 2 aliphatic rings. The van der Waals surface area contributed by atoms with Gasteiger partial charge in [-0.15, -0.1) is 0 Å². The molecular weight excluding hydrogens is 438 g/mol. The number of halogens is 4. The number of carbonyl (C=O) groups excluding carboxylic acids is 1. The predicted molar refractivity (Wildman–Crippen MR) is 106 cm³/mol. The predicted octanol–water partition coefficient (Wildman–Crippen LogP) is 3.09. The average Bonchev–Trinajstić information content (AvgIpc) is 2.74. The van der Waals surface area contributed by atoms with E-state index in [2.05, 4.69) is 20.3 Å². The van der Waals surface area contributed by atoms with Crippen molar-refractivity contribution in [2.24, 2.45) is 16.6 Å². The van der Waals surface area contributed by atoms with Crippen molar-refractivity contribution in [1.29, 1.82) is 0 Å². The number of anilines is 1. The number of benzene rings is 1. The Bertz CT molecular complexity index is 1020. The summed E-state index contributed by atoms with van der Waals surface area (Å²) in [5.41, 5.74) is 4.79. The third kappa shape index (κ3) is 4.22. The third-order valence-corrected chi connectivity index (χ3v) is 6.25. The fraction of sp³-hybridized carbons (Fsp3) is 0.368. The Morgan fingerprint density at radius 3 is 2.84 bits per heavy atom. The maximum atomic E-state index is 14.9. The van der Waals surface area contributed by atoms with Crippen molar-refractivity contribution in [3.63, 3.8) is 0 Å². The number of hydrogen-bond acceptors (Lipinski definition) is 7. The van der Waals surface area contributed by atoms with Crippen LogP contribution in [0.25, 0.3) is 0 Å². The highest BCUT2D eigenvalue weighted by atomic mass is 32.2. The van der Waals surface area contributed by atoms with Gasteiger partial charge in [0.25, 0.3) is 5.91 Å². The molecular formula is C19H17F4N5O2S. The van der Waals surface area contributed by atoms with Crippen LogP contribution in [0, 0.1) is 11.7 Å².